The number of ether oxygens (including phenoxy) is 1. The van der Waals surface area contributed by atoms with Gasteiger partial charge in [-0.1, -0.05) is 56.0 Å². The molecule has 178 valence electrons. The third-order valence-electron chi connectivity index (χ3n) is 7.97. The fourth-order valence-corrected chi connectivity index (χ4v) is 5.91. The molecule has 0 spiro atoms. The van der Waals surface area contributed by atoms with E-state index in [1.165, 1.54) is 48.8 Å². The standard InChI is InChI=1S/C29H37ClO3/c1-2-29(28(31)32)16-15-22-13-14-26(18-25(22)20-29)33-17-7-6-10-23-11-12-24(19-27(23)30)21-8-4-3-5-9-21/h11-14,18-19,21H,2-10,15-17,20H2,1H3,(H,31,32). The van der Waals surface area contributed by atoms with Crippen LogP contribution in [0.4, 0.5) is 0 Å². The van der Waals surface area contributed by atoms with E-state index in [2.05, 4.69) is 30.3 Å². The molecule has 1 N–H and O–H groups in total. The number of carbonyl (C=O) groups is 1. The van der Waals surface area contributed by atoms with Gasteiger partial charge in [-0.05, 0) is 104 Å². The van der Waals surface area contributed by atoms with Crippen LogP contribution in [-0.2, 0) is 24.1 Å². The van der Waals surface area contributed by atoms with Crippen molar-refractivity contribution < 1.29 is 14.6 Å². The molecule has 1 fully saturated rings. The molecule has 33 heavy (non-hydrogen) atoms. The van der Waals surface area contributed by atoms with Crippen LogP contribution in [0, 0.1) is 5.41 Å². The van der Waals surface area contributed by atoms with Crippen molar-refractivity contribution in [1.82, 2.24) is 0 Å². The van der Waals surface area contributed by atoms with Gasteiger partial charge in [0, 0.05) is 5.02 Å². The number of rotatable bonds is 9. The number of hydrogen-bond acceptors (Lipinski definition) is 2. The van der Waals surface area contributed by atoms with Crippen LogP contribution in [0.5, 0.6) is 5.75 Å². The Morgan fingerprint density at radius 3 is 2.64 bits per heavy atom. The maximum absolute atomic E-state index is 11.8. The third-order valence-corrected chi connectivity index (χ3v) is 8.32. The van der Waals surface area contributed by atoms with E-state index in [1.807, 2.05) is 13.0 Å². The van der Waals surface area contributed by atoms with Crippen LogP contribution in [-0.4, -0.2) is 17.7 Å². The predicted octanol–water partition coefficient (Wildman–Crippen LogP) is 7.76. The Bertz CT molecular complexity index is 963. The first-order chi connectivity index (χ1) is 16.0. The summed E-state index contributed by atoms with van der Waals surface area (Å²) < 4.78 is 6.02. The third kappa shape index (κ3) is 5.74. The second-order valence-corrected chi connectivity index (χ2v) is 10.4. The van der Waals surface area contributed by atoms with Crippen molar-refractivity contribution in [3.63, 3.8) is 0 Å². The largest absolute Gasteiger partial charge is 0.494 e. The Balaban J connectivity index is 1.25. The van der Waals surface area contributed by atoms with E-state index in [-0.39, 0.29) is 0 Å². The number of aryl methyl sites for hydroxylation is 2. The average Bonchev–Trinajstić information content (AvgIpc) is 2.84. The number of unbranched alkanes of at least 4 members (excludes halogenated alkanes) is 1. The van der Waals surface area contributed by atoms with Gasteiger partial charge in [-0.3, -0.25) is 4.79 Å². The number of halogens is 1. The van der Waals surface area contributed by atoms with E-state index in [4.69, 9.17) is 16.3 Å². The highest BCUT2D eigenvalue weighted by Crippen LogP contribution is 2.40. The van der Waals surface area contributed by atoms with Crippen LogP contribution in [0.1, 0.15) is 92.9 Å². The van der Waals surface area contributed by atoms with Crippen molar-refractivity contribution in [2.24, 2.45) is 5.41 Å². The van der Waals surface area contributed by atoms with Crippen molar-refractivity contribution in [1.29, 1.82) is 0 Å². The first kappa shape index (κ1) is 24.1. The zero-order chi connectivity index (χ0) is 23.3. The van der Waals surface area contributed by atoms with Crippen molar-refractivity contribution in [2.75, 3.05) is 6.61 Å². The monoisotopic (exact) mass is 468 g/mol. The zero-order valence-electron chi connectivity index (χ0n) is 19.9. The Morgan fingerprint density at radius 1 is 1.09 bits per heavy atom. The van der Waals surface area contributed by atoms with E-state index >= 15 is 0 Å². The molecule has 0 radical (unpaired) electrons. The van der Waals surface area contributed by atoms with E-state index < -0.39 is 11.4 Å². The van der Waals surface area contributed by atoms with E-state index in [0.29, 0.717) is 25.4 Å². The molecule has 4 heteroatoms. The average molecular weight is 469 g/mol. The van der Waals surface area contributed by atoms with Crippen LogP contribution >= 0.6 is 11.6 Å². The van der Waals surface area contributed by atoms with Crippen molar-refractivity contribution in [2.45, 2.75) is 89.9 Å². The molecule has 2 aromatic carbocycles. The van der Waals surface area contributed by atoms with Gasteiger partial charge >= 0.3 is 5.97 Å². The summed E-state index contributed by atoms with van der Waals surface area (Å²) >= 11 is 6.61. The van der Waals surface area contributed by atoms with Gasteiger partial charge in [0.25, 0.3) is 0 Å². The summed E-state index contributed by atoms with van der Waals surface area (Å²) in [5, 5.41) is 10.6. The molecule has 0 aromatic heterocycles. The summed E-state index contributed by atoms with van der Waals surface area (Å²) in [6, 6.07) is 12.9. The van der Waals surface area contributed by atoms with Gasteiger partial charge in [-0.15, -0.1) is 0 Å². The van der Waals surface area contributed by atoms with Crippen LogP contribution in [0.3, 0.4) is 0 Å². The van der Waals surface area contributed by atoms with Gasteiger partial charge in [-0.25, -0.2) is 0 Å². The number of carboxylic acids is 1. The number of benzene rings is 2. The highest BCUT2D eigenvalue weighted by Gasteiger charge is 2.39. The van der Waals surface area contributed by atoms with Crippen LogP contribution in [0.25, 0.3) is 0 Å². The fraction of sp³-hybridized carbons (Fsp3) is 0.552. The first-order valence-electron chi connectivity index (χ1n) is 12.8. The number of hydrogen-bond donors (Lipinski definition) is 1. The topological polar surface area (TPSA) is 46.5 Å². The van der Waals surface area contributed by atoms with Crippen LogP contribution in [0.15, 0.2) is 36.4 Å². The smallest absolute Gasteiger partial charge is 0.309 e. The summed E-state index contributed by atoms with van der Waals surface area (Å²) in [7, 11) is 0. The number of carboxylic acid groups (broad SMARTS) is 1. The summed E-state index contributed by atoms with van der Waals surface area (Å²) in [4.78, 5) is 11.8. The van der Waals surface area contributed by atoms with Crippen molar-refractivity contribution >= 4 is 17.6 Å². The molecule has 2 aromatic rings. The molecular formula is C29H37ClO3. The lowest BCUT2D eigenvalue weighted by Crippen LogP contribution is -2.36. The lowest BCUT2D eigenvalue weighted by atomic mass is 9.70. The summed E-state index contributed by atoms with van der Waals surface area (Å²) in [6.07, 6.45) is 12.4. The molecule has 1 unspecified atom stereocenters. The minimum atomic E-state index is -0.674. The van der Waals surface area contributed by atoms with Gasteiger partial charge < -0.3 is 9.84 Å². The van der Waals surface area contributed by atoms with Gasteiger partial charge in [0.15, 0.2) is 0 Å². The molecular weight excluding hydrogens is 432 g/mol. The lowest BCUT2D eigenvalue weighted by molar-refractivity contribution is -0.150. The van der Waals surface area contributed by atoms with Crippen LogP contribution < -0.4 is 4.74 Å². The molecule has 0 heterocycles. The summed E-state index contributed by atoms with van der Waals surface area (Å²) in [6.45, 7) is 2.64. The molecule has 1 saturated carbocycles. The Kier molecular flexibility index (Phi) is 8.01. The lowest BCUT2D eigenvalue weighted by Gasteiger charge is -2.33. The van der Waals surface area contributed by atoms with Gasteiger partial charge in [0.05, 0.1) is 12.0 Å². The van der Waals surface area contributed by atoms with E-state index in [0.717, 1.165) is 48.4 Å². The normalized spacial score (nSPS) is 20.9. The molecule has 0 saturated heterocycles. The van der Waals surface area contributed by atoms with E-state index in [1.54, 1.807) is 0 Å². The first-order valence-corrected chi connectivity index (χ1v) is 13.1. The highest BCUT2D eigenvalue weighted by atomic mass is 35.5. The molecule has 0 amide bonds. The summed E-state index contributed by atoms with van der Waals surface area (Å²) in [5.41, 5.74) is 4.41. The second kappa shape index (κ2) is 11.0. The molecule has 1 atom stereocenters. The Morgan fingerprint density at radius 2 is 1.91 bits per heavy atom. The molecule has 0 aliphatic heterocycles. The van der Waals surface area contributed by atoms with Gasteiger partial charge in [0.2, 0.25) is 0 Å². The highest BCUT2D eigenvalue weighted by molar-refractivity contribution is 6.31. The van der Waals surface area contributed by atoms with E-state index in [9.17, 15) is 9.90 Å². The summed E-state index contributed by atoms with van der Waals surface area (Å²) in [5.74, 6) is 0.863. The SMILES string of the molecule is CCC1(C(=O)O)CCc2ccc(OCCCCc3ccc(C4CCCCC4)cc3Cl)cc2C1. The van der Waals surface area contributed by atoms with Gasteiger partial charge in [0.1, 0.15) is 5.75 Å². The minimum absolute atomic E-state index is 0.598. The number of aliphatic carboxylic acids is 1. The maximum Gasteiger partial charge on any atom is 0.309 e. The molecule has 2 aliphatic rings. The zero-order valence-corrected chi connectivity index (χ0v) is 20.6. The van der Waals surface area contributed by atoms with Crippen molar-refractivity contribution in [3.05, 3.63) is 63.7 Å². The molecule has 2 aliphatic carbocycles. The van der Waals surface area contributed by atoms with Crippen LogP contribution in [0.2, 0.25) is 5.02 Å². The number of fused-ring (bicyclic) bond motifs is 1. The quantitative estimate of drug-likeness (QED) is 0.382. The fourth-order valence-electron chi connectivity index (χ4n) is 5.63. The molecule has 4 rings (SSSR count). The minimum Gasteiger partial charge on any atom is -0.494 e. The van der Waals surface area contributed by atoms with Crippen molar-refractivity contribution in [3.8, 4) is 5.75 Å². The molecule has 3 nitrogen and oxygen atoms in total. The Labute approximate surface area is 203 Å². The second-order valence-electron chi connectivity index (χ2n) is 10.0. The molecule has 0 bridgehead atoms. The predicted molar refractivity (Wildman–Crippen MR) is 135 cm³/mol. The Hall–Kier alpha value is -2.00. The maximum atomic E-state index is 11.8. The van der Waals surface area contributed by atoms with Gasteiger partial charge in [-0.2, -0.15) is 0 Å².